The fourth-order valence-electron chi connectivity index (χ4n) is 3.03. The van der Waals surface area contributed by atoms with Gasteiger partial charge in [-0.1, -0.05) is 38.5 Å². The topological polar surface area (TPSA) is 55.9 Å². The van der Waals surface area contributed by atoms with E-state index in [1.807, 2.05) is 19.4 Å². The first-order valence-corrected chi connectivity index (χ1v) is 7.22. The Balaban J connectivity index is 1.86. The molecule has 0 radical (unpaired) electrons. The third-order valence-corrected chi connectivity index (χ3v) is 4.18. The molecule has 0 spiro atoms. The zero-order valence-electron chi connectivity index (χ0n) is 11.4. The number of hydrogen-bond donors (Lipinski definition) is 2. The van der Waals surface area contributed by atoms with Gasteiger partial charge >= 0.3 is 0 Å². The molecule has 1 saturated carbocycles. The average Bonchev–Trinajstić information content (AvgIpc) is 2.64. The number of hydrogen-bond acceptors (Lipinski definition) is 3. The average molecular weight is 250 g/mol. The van der Waals surface area contributed by atoms with Gasteiger partial charge in [-0.3, -0.25) is 11.3 Å². The molecule has 102 valence electrons. The minimum absolute atomic E-state index is 0.356. The Morgan fingerprint density at radius 1 is 1.39 bits per heavy atom. The van der Waals surface area contributed by atoms with Gasteiger partial charge in [-0.05, 0) is 12.3 Å². The van der Waals surface area contributed by atoms with Gasteiger partial charge in [0, 0.05) is 31.9 Å². The van der Waals surface area contributed by atoms with E-state index in [4.69, 9.17) is 5.84 Å². The van der Waals surface area contributed by atoms with Crippen molar-refractivity contribution in [2.45, 2.75) is 57.4 Å². The molecule has 0 bridgehead atoms. The molecule has 1 unspecified atom stereocenters. The van der Waals surface area contributed by atoms with Crippen LogP contribution in [0.1, 0.15) is 50.8 Å². The van der Waals surface area contributed by atoms with Crippen LogP contribution in [-0.2, 0) is 13.5 Å². The maximum Gasteiger partial charge on any atom is 0.109 e. The third-order valence-electron chi connectivity index (χ3n) is 4.18. The van der Waals surface area contributed by atoms with E-state index in [0.29, 0.717) is 6.04 Å². The van der Waals surface area contributed by atoms with Crippen molar-refractivity contribution in [3.05, 3.63) is 18.2 Å². The quantitative estimate of drug-likeness (QED) is 0.478. The lowest BCUT2D eigenvalue weighted by molar-refractivity contribution is 0.348. The Labute approximate surface area is 110 Å². The van der Waals surface area contributed by atoms with E-state index in [2.05, 4.69) is 15.0 Å². The van der Waals surface area contributed by atoms with Crippen molar-refractivity contribution in [2.75, 3.05) is 0 Å². The largest absolute Gasteiger partial charge is 0.338 e. The van der Waals surface area contributed by atoms with Gasteiger partial charge in [-0.25, -0.2) is 4.98 Å². The number of hydrazine groups is 1. The Kier molecular flexibility index (Phi) is 5.20. The molecule has 1 aromatic heterocycles. The summed E-state index contributed by atoms with van der Waals surface area (Å²) in [6, 6.07) is 0.356. The van der Waals surface area contributed by atoms with Crippen molar-refractivity contribution in [1.29, 1.82) is 0 Å². The SMILES string of the molecule is Cn1ccnc1CC(CC1CCCCCC1)NN. The van der Waals surface area contributed by atoms with Crippen LogP contribution in [0.15, 0.2) is 12.4 Å². The first-order valence-electron chi connectivity index (χ1n) is 7.22. The summed E-state index contributed by atoms with van der Waals surface area (Å²) in [5, 5.41) is 0. The molecular formula is C14H26N4. The monoisotopic (exact) mass is 250 g/mol. The predicted octanol–water partition coefficient (Wildman–Crippen LogP) is 2.16. The Bertz CT molecular complexity index is 339. The summed E-state index contributed by atoms with van der Waals surface area (Å²) in [4.78, 5) is 4.38. The van der Waals surface area contributed by atoms with Gasteiger partial charge in [-0.15, -0.1) is 0 Å². The number of rotatable bonds is 5. The molecule has 3 N–H and O–H groups in total. The van der Waals surface area contributed by atoms with Gasteiger partial charge in [0.2, 0.25) is 0 Å². The van der Waals surface area contributed by atoms with Gasteiger partial charge in [0.1, 0.15) is 5.82 Å². The molecule has 1 aromatic rings. The van der Waals surface area contributed by atoms with Crippen LogP contribution < -0.4 is 11.3 Å². The summed E-state index contributed by atoms with van der Waals surface area (Å²) < 4.78 is 2.08. The van der Waals surface area contributed by atoms with E-state index in [9.17, 15) is 0 Å². The van der Waals surface area contributed by atoms with E-state index in [0.717, 1.165) is 18.2 Å². The molecule has 2 rings (SSSR count). The van der Waals surface area contributed by atoms with Crippen molar-refractivity contribution < 1.29 is 0 Å². The fourth-order valence-corrected chi connectivity index (χ4v) is 3.03. The Morgan fingerprint density at radius 3 is 2.67 bits per heavy atom. The number of nitrogens with one attached hydrogen (secondary N) is 1. The van der Waals surface area contributed by atoms with Crippen molar-refractivity contribution in [3.8, 4) is 0 Å². The summed E-state index contributed by atoms with van der Waals surface area (Å²) in [6.07, 6.45) is 14.3. The number of aryl methyl sites for hydroxylation is 1. The van der Waals surface area contributed by atoms with Crippen molar-refractivity contribution in [3.63, 3.8) is 0 Å². The maximum atomic E-state index is 5.71. The number of nitrogens with two attached hydrogens (primary N) is 1. The van der Waals surface area contributed by atoms with E-state index in [1.165, 1.54) is 44.9 Å². The van der Waals surface area contributed by atoms with E-state index >= 15 is 0 Å². The second-order valence-corrected chi connectivity index (χ2v) is 5.62. The zero-order chi connectivity index (χ0) is 12.8. The zero-order valence-corrected chi connectivity index (χ0v) is 11.4. The molecule has 1 atom stereocenters. The smallest absolute Gasteiger partial charge is 0.109 e. The van der Waals surface area contributed by atoms with Crippen LogP contribution in [0.3, 0.4) is 0 Å². The highest BCUT2D eigenvalue weighted by Crippen LogP contribution is 2.26. The molecule has 18 heavy (non-hydrogen) atoms. The van der Waals surface area contributed by atoms with Crippen LogP contribution in [0.2, 0.25) is 0 Å². The molecule has 1 heterocycles. The molecule has 1 fully saturated rings. The lowest BCUT2D eigenvalue weighted by atomic mass is 9.91. The first kappa shape index (κ1) is 13.6. The van der Waals surface area contributed by atoms with Crippen LogP contribution in [0.5, 0.6) is 0 Å². The summed E-state index contributed by atoms with van der Waals surface area (Å²) in [7, 11) is 2.04. The minimum atomic E-state index is 0.356. The molecule has 0 saturated heterocycles. The van der Waals surface area contributed by atoms with Crippen LogP contribution >= 0.6 is 0 Å². The van der Waals surface area contributed by atoms with Crippen molar-refractivity contribution in [2.24, 2.45) is 18.8 Å². The van der Waals surface area contributed by atoms with E-state index in [1.54, 1.807) is 0 Å². The molecule has 0 aromatic carbocycles. The van der Waals surface area contributed by atoms with Crippen LogP contribution in [0.25, 0.3) is 0 Å². The van der Waals surface area contributed by atoms with Crippen LogP contribution in [0.4, 0.5) is 0 Å². The number of aromatic nitrogens is 2. The highest BCUT2D eigenvalue weighted by molar-refractivity contribution is 4.94. The molecule has 0 amide bonds. The number of imidazole rings is 1. The second-order valence-electron chi connectivity index (χ2n) is 5.62. The molecular weight excluding hydrogens is 224 g/mol. The summed E-state index contributed by atoms with van der Waals surface area (Å²) in [5.41, 5.74) is 2.98. The van der Waals surface area contributed by atoms with Crippen molar-refractivity contribution >= 4 is 0 Å². The predicted molar refractivity (Wildman–Crippen MR) is 73.8 cm³/mol. The van der Waals surface area contributed by atoms with Crippen LogP contribution in [-0.4, -0.2) is 15.6 Å². The highest BCUT2D eigenvalue weighted by atomic mass is 15.2. The molecule has 4 nitrogen and oxygen atoms in total. The lowest BCUT2D eigenvalue weighted by Gasteiger charge is -2.21. The Morgan fingerprint density at radius 2 is 2.11 bits per heavy atom. The van der Waals surface area contributed by atoms with Gasteiger partial charge in [-0.2, -0.15) is 0 Å². The van der Waals surface area contributed by atoms with Gasteiger partial charge in [0.25, 0.3) is 0 Å². The van der Waals surface area contributed by atoms with E-state index < -0.39 is 0 Å². The van der Waals surface area contributed by atoms with Gasteiger partial charge < -0.3 is 4.57 Å². The normalized spacial score (nSPS) is 19.7. The third kappa shape index (κ3) is 3.82. The van der Waals surface area contributed by atoms with Gasteiger partial charge in [0.15, 0.2) is 0 Å². The molecule has 1 aliphatic rings. The second kappa shape index (κ2) is 6.90. The first-order chi connectivity index (χ1) is 8.79. The van der Waals surface area contributed by atoms with Gasteiger partial charge in [0.05, 0.1) is 0 Å². The maximum absolute atomic E-state index is 5.71. The summed E-state index contributed by atoms with van der Waals surface area (Å²) in [5.74, 6) is 7.67. The standard InChI is InChI=1S/C14H26N4/c1-18-9-8-16-14(18)11-13(17-15)10-12-6-4-2-3-5-7-12/h8-9,12-13,17H,2-7,10-11,15H2,1H3. The van der Waals surface area contributed by atoms with Crippen LogP contribution in [0, 0.1) is 5.92 Å². The fraction of sp³-hybridized carbons (Fsp3) is 0.786. The summed E-state index contributed by atoms with van der Waals surface area (Å²) in [6.45, 7) is 0. The minimum Gasteiger partial charge on any atom is -0.338 e. The van der Waals surface area contributed by atoms with E-state index in [-0.39, 0.29) is 0 Å². The van der Waals surface area contributed by atoms with Crippen molar-refractivity contribution in [1.82, 2.24) is 15.0 Å². The highest BCUT2D eigenvalue weighted by Gasteiger charge is 2.18. The summed E-state index contributed by atoms with van der Waals surface area (Å²) >= 11 is 0. The number of nitrogens with zero attached hydrogens (tertiary/aromatic N) is 2. The molecule has 1 aliphatic carbocycles. The Hall–Kier alpha value is -0.870. The lowest BCUT2D eigenvalue weighted by Crippen LogP contribution is -2.38. The molecule has 4 heteroatoms. The molecule has 0 aliphatic heterocycles.